The van der Waals surface area contributed by atoms with E-state index in [2.05, 4.69) is 11.8 Å². The second-order valence-corrected chi connectivity index (χ2v) is 2.73. The monoisotopic (exact) mass is 138 g/mol. The molecule has 0 aliphatic carbocycles. The molecular formula is C3H6O4S. The van der Waals surface area contributed by atoms with E-state index >= 15 is 0 Å². The first kappa shape index (κ1) is 7.87. The Bertz CT molecular complexity index is 135. The third-order valence-corrected chi connectivity index (χ3v) is 1.14. The zero-order chi connectivity index (χ0) is 6.62. The van der Waals surface area contributed by atoms with Gasteiger partial charge in [-0.15, -0.1) is 0 Å². The highest BCUT2D eigenvalue weighted by Crippen LogP contribution is 1.80. The standard InChI is InChI=1S/C3H6O4S/c1-7-2-3-8(4,5)6/h1H,2-3H2,(H,4,5,6). The van der Waals surface area contributed by atoms with Crippen molar-refractivity contribution in [3.8, 4) is 0 Å². The number of rotatable bonds is 3. The highest BCUT2D eigenvalue weighted by Gasteiger charge is 2.00. The van der Waals surface area contributed by atoms with Crippen molar-refractivity contribution in [3.05, 3.63) is 7.11 Å². The lowest BCUT2D eigenvalue weighted by molar-refractivity contribution is 0.260. The van der Waals surface area contributed by atoms with Gasteiger partial charge < -0.3 is 4.74 Å². The van der Waals surface area contributed by atoms with Crippen LogP contribution in [0.2, 0.25) is 0 Å². The molecule has 0 spiro atoms. The molecule has 0 rings (SSSR count). The molecule has 0 atom stereocenters. The summed E-state index contributed by atoms with van der Waals surface area (Å²) in [6.07, 6.45) is 0. The van der Waals surface area contributed by atoms with Gasteiger partial charge in [0.05, 0.1) is 12.4 Å². The second-order valence-electron chi connectivity index (χ2n) is 1.16. The van der Waals surface area contributed by atoms with Gasteiger partial charge in [-0.2, -0.15) is 8.42 Å². The minimum absolute atomic E-state index is 0.182. The fourth-order valence-corrected chi connectivity index (χ4v) is 0.460. The minimum atomic E-state index is -3.89. The van der Waals surface area contributed by atoms with E-state index in [4.69, 9.17) is 4.55 Å². The van der Waals surface area contributed by atoms with E-state index in [1.807, 2.05) is 0 Å². The van der Waals surface area contributed by atoms with Crippen LogP contribution in [-0.2, 0) is 14.9 Å². The molecule has 5 heteroatoms. The summed E-state index contributed by atoms with van der Waals surface area (Å²) in [6, 6.07) is 0. The zero-order valence-electron chi connectivity index (χ0n) is 4.07. The summed E-state index contributed by atoms with van der Waals surface area (Å²) in [5, 5.41) is 0. The number of ether oxygens (including phenoxy) is 1. The third kappa shape index (κ3) is 5.87. The van der Waals surface area contributed by atoms with Crippen LogP contribution in [0.5, 0.6) is 0 Å². The van der Waals surface area contributed by atoms with Crippen LogP contribution < -0.4 is 0 Å². The van der Waals surface area contributed by atoms with E-state index in [0.717, 1.165) is 0 Å². The fraction of sp³-hybridized carbons (Fsp3) is 0.667. The van der Waals surface area contributed by atoms with E-state index in [0.29, 0.717) is 0 Å². The van der Waals surface area contributed by atoms with E-state index in [-0.39, 0.29) is 6.61 Å². The Balaban J connectivity index is 3.42. The summed E-state index contributed by atoms with van der Waals surface area (Å²) in [4.78, 5) is 0. The summed E-state index contributed by atoms with van der Waals surface area (Å²) >= 11 is 0. The van der Waals surface area contributed by atoms with Crippen LogP contribution in [0.3, 0.4) is 0 Å². The van der Waals surface area contributed by atoms with Gasteiger partial charge in [0.15, 0.2) is 0 Å². The molecule has 2 radical (unpaired) electrons. The van der Waals surface area contributed by atoms with Crippen molar-refractivity contribution in [1.29, 1.82) is 0 Å². The van der Waals surface area contributed by atoms with Crippen molar-refractivity contribution in [3.63, 3.8) is 0 Å². The highest BCUT2D eigenvalue weighted by molar-refractivity contribution is 7.85. The molecule has 0 bridgehead atoms. The first-order valence-corrected chi connectivity index (χ1v) is 3.44. The van der Waals surface area contributed by atoms with Crippen LogP contribution in [0.4, 0.5) is 0 Å². The predicted octanol–water partition coefficient (Wildman–Crippen LogP) is -0.441. The van der Waals surface area contributed by atoms with Crippen molar-refractivity contribution in [2.24, 2.45) is 0 Å². The molecule has 0 heterocycles. The highest BCUT2D eigenvalue weighted by atomic mass is 32.2. The molecule has 0 aromatic rings. The van der Waals surface area contributed by atoms with Gasteiger partial charge in [-0.3, -0.25) is 4.55 Å². The Kier molecular flexibility index (Phi) is 2.96. The van der Waals surface area contributed by atoms with E-state index < -0.39 is 15.9 Å². The van der Waals surface area contributed by atoms with Crippen molar-refractivity contribution >= 4 is 10.1 Å². The Labute approximate surface area is 48.2 Å². The maximum atomic E-state index is 9.81. The average molecular weight is 138 g/mol. The lowest BCUT2D eigenvalue weighted by atomic mass is 10.9. The van der Waals surface area contributed by atoms with Crippen molar-refractivity contribution in [2.75, 3.05) is 12.4 Å². The average Bonchev–Trinajstić information content (AvgIpc) is 1.59. The van der Waals surface area contributed by atoms with Crippen molar-refractivity contribution in [2.45, 2.75) is 0 Å². The first-order valence-electron chi connectivity index (χ1n) is 1.83. The molecule has 0 aliphatic heterocycles. The smallest absolute Gasteiger partial charge is 0.267 e. The molecule has 0 unspecified atom stereocenters. The Morgan fingerprint density at radius 2 is 2.12 bits per heavy atom. The van der Waals surface area contributed by atoms with Crippen molar-refractivity contribution in [1.82, 2.24) is 0 Å². The number of hydrogen-bond acceptors (Lipinski definition) is 3. The van der Waals surface area contributed by atoms with Gasteiger partial charge in [0.2, 0.25) is 0 Å². The van der Waals surface area contributed by atoms with Gasteiger partial charge >= 0.3 is 0 Å². The molecule has 0 aromatic carbocycles. The van der Waals surface area contributed by atoms with Crippen LogP contribution in [0.15, 0.2) is 0 Å². The van der Waals surface area contributed by atoms with Gasteiger partial charge in [0.1, 0.15) is 7.11 Å². The van der Waals surface area contributed by atoms with Crippen LogP contribution >= 0.6 is 0 Å². The van der Waals surface area contributed by atoms with Crippen LogP contribution in [0.1, 0.15) is 0 Å². The summed E-state index contributed by atoms with van der Waals surface area (Å²) in [7, 11) is 0.569. The molecule has 0 aromatic heterocycles. The maximum absolute atomic E-state index is 9.81. The molecule has 0 fully saturated rings. The molecule has 0 saturated heterocycles. The topological polar surface area (TPSA) is 63.6 Å². The summed E-state index contributed by atoms with van der Waals surface area (Å²) < 4.78 is 31.5. The predicted molar refractivity (Wildman–Crippen MR) is 26.7 cm³/mol. The maximum Gasteiger partial charge on any atom is 0.267 e. The molecular weight excluding hydrogens is 132 g/mol. The summed E-state index contributed by atoms with van der Waals surface area (Å²) in [5.41, 5.74) is 0. The first-order chi connectivity index (χ1) is 3.56. The molecule has 8 heavy (non-hydrogen) atoms. The molecule has 1 N–H and O–H groups in total. The molecule has 0 aliphatic rings. The summed E-state index contributed by atoms with van der Waals surface area (Å²) in [5.74, 6) is -0.455. The quantitative estimate of drug-likeness (QED) is 0.537. The molecule has 48 valence electrons. The van der Waals surface area contributed by atoms with Gasteiger partial charge in [0, 0.05) is 0 Å². The Morgan fingerprint density at radius 3 is 2.25 bits per heavy atom. The van der Waals surface area contributed by atoms with Crippen LogP contribution in [0.25, 0.3) is 0 Å². The lowest BCUT2D eigenvalue weighted by Crippen LogP contribution is -2.08. The Morgan fingerprint density at radius 1 is 1.62 bits per heavy atom. The minimum Gasteiger partial charge on any atom is -0.371 e. The van der Waals surface area contributed by atoms with Crippen LogP contribution in [0, 0.1) is 7.11 Å². The van der Waals surface area contributed by atoms with Crippen molar-refractivity contribution < 1.29 is 17.7 Å². The molecule has 0 saturated carbocycles. The van der Waals surface area contributed by atoms with E-state index in [9.17, 15) is 8.42 Å². The van der Waals surface area contributed by atoms with Gasteiger partial charge in [-0.25, -0.2) is 0 Å². The third-order valence-electron chi connectivity index (χ3n) is 0.459. The lowest BCUT2D eigenvalue weighted by Gasteiger charge is -1.91. The van der Waals surface area contributed by atoms with Gasteiger partial charge in [-0.1, -0.05) is 0 Å². The Hall–Kier alpha value is -0.130. The fourth-order valence-electron chi connectivity index (χ4n) is 0.153. The van der Waals surface area contributed by atoms with E-state index in [1.54, 1.807) is 0 Å². The normalized spacial score (nSPS) is 11.8. The molecule has 4 nitrogen and oxygen atoms in total. The second kappa shape index (κ2) is 3.01. The summed E-state index contributed by atoms with van der Waals surface area (Å²) in [6.45, 7) is -0.182. The van der Waals surface area contributed by atoms with Crippen LogP contribution in [-0.4, -0.2) is 25.3 Å². The molecule has 0 amide bonds. The largest absolute Gasteiger partial charge is 0.371 e. The van der Waals surface area contributed by atoms with Gasteiger partial charge in [0.25, 0.3) is 10.1 Å². The number of hydrogen-bond donors (Lipinski definition) is 1. The van der Waals surface area contributed by atoms with E-state index in [1.165, 1.54) is 0 Å². The zero-order valence-corrected chi connectivity index (χ0v) is 4.89. The van der Waals surface area contributed by atoms with Gasteiger partial charge in [-0.05, 0) is 0 Å². The SMILES string of the molecule is [CH]OCCS(=O)(=O)O.